The van der Waals surface area contributed by atoms with Crippen LogP contribution in [0.2, 0.25) is 0 Å². The van der Waals surface area contributed by atoms with Gasteiger partial charge >= 0.3 is 6.36 Å². The molecule has 116 valence electrons. The molecule has 2 rings (SSSR count). The number of ether oxygens (including phenoxy) is 1. The SMILES string of the molecule is O=C(CN1CCC(F)C1)Nc1ccc(OC(F)(F)F)cc1. The van der Waals surface area contributed by atoms with E-state index in [0.29, 0.717) is 18.7 Å². The van der Waals surface area contributed by atoms with Crippen LogP contribution in [-0.4, -0.2) is 43.0 Å². The highest BCUT2D eigenvalue weighted by molar-refractivity contribution is 5.92. The summed E-state index contributed by atoms with van der Waals surface area (Å²) in [6, 6.07) is 4.83. The molecule has 0 spiro atoms. The van der Waals surface area contributed by atoms with Crippen LogP contribution in [0.5, 0.6) is 5.75 Å². The molecule has 0 saturated carbocycles. The predicted octanol–water partition coefficient (Wildman–Crippen LogP) is 2.57. The van der Waals surface area contributed by atoms with Crippen molar-refractivity contribution in [1.82, 2.24) is 4.90 Å². The zero-order valence-corrected chi connectivity index (χ0v) is 11.0. The Morgan fingerprint density at radius 3 is 2.52 bits per heavy atom. The van der Waals surface area contributed by atoms with Gasteiger partial charge in [0.25, 0.3) is 0 Å². The van der Waals surface area contributed by atoms with E-state index in [1.54, 1.807) is 4.90 Å². The van der Waals surface area contributed by atoms with Gasteiger partial charge in [-0.2, -0.15) is 0 Å². The van der Waals surface area contributed by atoms with E-state index in [1.807, 2.05) is 0 Å². The Balaban J connectivity index is 1.84. The minimum atomic E-state index is -4.75. The molecule has 1 fully saturated rings. The van der Waals surface area contributed by atoms with E-state index in [1.165, 1.54) is 12.1 Å². The van der Waals surface area contributed by atoms with Crippen LogP contribution in [-0.2, 0) is 4.79 Å². The maximum absolute atomic E-state index is 13.0. The lowest BCUT2D eigenvalue weighted by Gasteiger charge is -2.14. The Morgan fingerprint density at radius 1 is 1.33 bits per heavy atom. The number of rotatable bonds is 4. The maximum Gasteiger partial charge on any atom is 0.573 e. The first-order valence-corrected chi connectivity index (χ1v) is 6.34. The van der Waals surface area contributed by atoms with Crippen molar-refractivity contribution in [2.45, 2.75) is 19.0 Å². The van der Waals surface area contributed by atoms with Crippen molar-refractivity contribution < 1.29 is 27.1 Å². The van der Waals surface area contributed by atoms with E-state index < -0.39 is 12.5 Å². The summed E-state index contributed by atoms with van der Waals surface area (Å²) in [6.07, 6.45) is -5.24. The number of hydrogen-bond donors (Lipinski definition) is 1. The van der Waals surface area contributed by atoms with E-state index >= 15 is 0 Å². The average Bonchev–Trinajstić information content (AvgIpc) is 2.75. The lowest BCUT2D eigenvalue weighted by Crippen LogP contribution is -2.31. The molecule has 1 unspecified atom stereocenters. The number of halogens is 4. The third kappa shape index (κ3) is 5.22. The van der Waals surface area contributed by atoms with Gasteiger partial charge in [-0.1, -0.05) is 0 Å². The largest absolute Gasteiger partial charge is 0.573 e. The smallest absolute Gasteiger partial charge is 0.406 e. The first-order chi connectivity index (χ1) is 9.82. The van der Waals surface area contributed by atoms with Crippen LogP contribution < -0.4 is 10.1 Å². The number of nitrogens with one attached hydrogen (secondary N) is 1. The summed E-state index contributed by atoms with van der Waals surface area (Å²) in [7, 11) is 0. The third-order valence-corrected chi connectivity index (χ3v) is 2.95. The maximum atomic E-state index is 13.0. The molecule has 1 aliphatic rings. The summed E-state index contributed by atoms with van der Waals surface area (Å²) >= 11 is 0. The molecule has 21 heavy (non-hydrogen) atoms. The van der Waals surface area contributed by atoms with Gasteiger partial charge in [0.05, 0.1) is 6.54 Å². The number of nitrogens with zero attached hydrogens (tertiary/aromatic N) is 1. The minimum absolute atomic E-state index is 0.0568. The monoisotopic (exact) mass is 306 g/mol. The highest BCUT2D eigenvalue weighted by Crippen LogP contribution is 2.24. The fraction of sp³-hybridized carbons (Fsp3) is 0.462. The van der Waals surface area contributed by atoms with Gasteiger partial charge in [-0.25, -0.2) is 4.39 Å². The molecule has 1 aromatic carbocycles. The molecule has 1 amide bonds. The van der Waals surface area contributed by atoms with Crippen LogP contribution in [0.3, 0.4) is 0 Å². The third-order valence-electron chi connectivity index (χ3n) is 2.95. The molecule has 1 aliphatic heterocycles. The standard InChI is InChI=1S/C13H14F4N2O2/c14-9-5-6-19(7-9)8-12(20)18-10-1-3-11(4-2-10)21-13(15,16)17/h1-4,9H,5-8H2,(H,18,20). The van der Waals surface area contributed by atoms with Gasteiger partial charge in [0.2, 0.25) is 5.91 Å². The van der Waals surface area contributed by atoms with Crippen LogP contribution in [0.4, 0.5) is 23.2 Å². The van der Waals surface area contributed by atoms with E-state index in [-0.39, 0.29) is 24.7 Å². The molecule has 1 N–H and O–H groups in total. The summed E-state index contributed by atoms with van der Waals surface area (Å²) < 4.78 is 52.6. The van der Waals surface area contributed by atoms with Crippen LogP contribution in [0.1, 0.15) is 6.42 Å². The molecular formula is C13H14F4N2O2. The zero-order chi connectivity index (χ0) is 15.5. The Morgan fingerprint density at radius 2 is 2.00 bits per heavy atom. The van der Waals surface area contributed by atoms with Crippen LogP contribution in [0.25, 0.3) is 0 Å². The number of alkyl halides is 4. The number of carbonyl (C=O) groups is 1. The molecule has 0 aliphatic carbocycles. The van der Waals surface area contributed by atoms with Crippen LogP contribution >= 0.6 is 0 Å². The summed E-state index contributed by atoms with van der Waals surface area (Å²) in [6.45, 7) is 0.806. The number of carbonyl (C=O) groups excluding carboxylic acids is 1. The lowest BCUT2D eigenvalue weighted by atomic mass is 10.3. The van der Waals surface area contributed by atoms with E-state index in [4.69, 9.17) is 0 Å². The second kappa shape index (κ2) is 6.30. The van der Waals surface area contributed by atoms with Gasteiger partial charge in [0.1, 0.15) is 11.9 Å². The van der Waals surface area contributed by atoms with E-state index in [9.17, 15) is 22.4 Å². The molecular weight excluding hydrogens is 292 g/mol. The molecule has 8 heteroatoms. The number of benzene rings is 1. The quantitative estimate of drug-likeness (QED) is 0.869. The van der Waals surface area contributed by atoms with Gasteiger partial charge in [-0.05, 0) is 30.7 Å². The second-order valence-electron chi connectivity index (χ2n) is 4.74. The highest BCUT2D eigenvalue weighted by atomic mass is 19.4. The van der Waals surface area contributed by atoms with Crippen molar-refractivity contribution >= 4 is 11.6 Å². The van der Waals surface area contributed by atoms with Gasteiger partial charge in [-0.3, -0.25) is 9.69 Å². The molecule has 0 radical (unpaired) electrons. The van der Waals surface area contributed by atoms with Gasteiger partial charge < -0.3 is 10.1 Å². The molecule has 1 saturated heterocycles. The fourth-order valence-corrected chi connectivity index (χ4v) is 2.07. The Hall–Kier alpha value is -1.83. The first kappa shape index (κ1) is 15.6. The fourth-order valence-electron chi connectivity index (χ4n) is 2.07. The Kier molecular flexibility index (Phi) is 4.66. The Labute approximate surface area is 118 Å². The second-order valence-corrected chi connectivity index (χ2v) is 4.74. The Bertz CT molecular complexity index is 490. The summed E-state index contributed by atoms with van der Waals surface area (Å²) in [5.41, 5.74) is 0.352. The van der Waals surface area contributed by atoms with Crippen molar-refractivity contribution in [2.75, 3.05) is 25.0 Å². The normalized spacial score (nSPS) is 19.5. The first-order valence-electron chi connectivity index (χ1n) is 6.34. The lowest BCUT2D eigenvalue weighted by molar-refractivity contribution is -0.274. The van der Waals surface area contributed by atoms with Gasteiger partial charge in [-0.15, -0.1) is 13.2 Å². The van der Waals surface area contributed by atoms with Crippen molar-refractivity contribution in [3.8, 4) is 5.75 Å². The summed E-state index contributed by atoms with van der Waals surface area (Å²) in [5, 5.41) is 2.53. The molecule has 1 atom stereocenters. The van der Waals surface area contributed by atoms with Crippen LogP contribution in [0, 0.1) is 0 Å². The molecule has 0 bridgehead atoms. The topological polar surface area (TPSA) is 41.6 Å². The average molecular weight is 306 g/mol. The molecule has 4 nitrogen and oxygen atoms in total. The van der Waals surface area contributed by atoms with E-state index in [0.717, 1.165) is 12.1 Å². The van der Waals surface area contributed by atoms with Crippen molar-refractivity contribution in [3.63, 3.8) is 0 Å². The molecule has 1 aromatic rings. The summed E-state index contributed by atoms with van der Waals surface area (Å²) in [4.78, 5) is 13.4. The van der Waals surface area contributed by atoms with Crippen LogP contribution in [0.15, 0.2) is 24.3 Å². The van der Waals surface area contributed by atoms with E-state index in [2.05, 4.69) is 10.1 Å². The number of likely N-dealkylation sites (tertiary alicyclic amines) is 1. The number of anilines is 1. The van der Waals surface area contributed by atoms with Gasteiger partial charge in [0, 0.05) is 18.8 Å². The number of hydrogen-bond acceptors (Lipinski definition) is 3. The van der Waals surface area contributed by atoms with Gasteiger partial charge in [0.15, 0.2) is 0 Å². The molecule has 0 aromatic heterocycles. The number of amides is 1. The summed E-state index contributed by atoms with van der Waals surface area (Å²) in [5.74, 6) is -0.700. The van der Waals surface area contributed by atoms with Crippen molar-refractivity contribution in [2.24, 2.45) is 0 Å². The minimum Gasteiger partial charge on any atom is -0.406 e. The van der Waals surface area contributed by atoms with Crippen molar-refractivity contribution in [3.05, 3.63) is 24.3 Å². The van der Waals surface area contributed by atoms with Crippen molar-refractivity contribution in [1.29, 1.82) is 0 Å². The highest BCUT2D eigenvalue weighted by Gasteiger charge is 2.31. The zero-order valence-electron chi connectivity index (χ0n) is 11.0. The predicted molar refractivity (Wildman–Crippen MR) is 67.7 cm³/mol. The molecule has 1 heterocycles.